The van der Waals surface area contributed by atoms with Crippen LogP contribution in [0.25, 0.3) is 0 Å². The third kappa shape index (κ3) is 2.51. The number of anilines is 1. The molecule has 18 heavy (non-hydrogen) atoms. The largest absolute Gasteiger partial charge is 0.382 e. The Morgan fingerprint density at radius 2 is 2.00 bits per heavy atom. The predicted octanol–water partition coefficient (Wildman–Crippen LogP) is 0.840. The van der Waals surface area contributed by atoms with Crippen molar-refractivity contribution in [2.24, 2.45) is 0 Å². The van der Waals surface area contributed by atoms with Crippen molar-refractivity contribution in [1.29, 1.82) is 0 Å². The zero-order valence-electron chi connectivity index (χ0n) is 10.8. The van der Waals surface area contributed by atoms with Crippen LogP contribution in [0.15, 0.2) is 12.3 Å². The van der Waals surface area contributed by atoms with Crippen LogP contribution in [-0.2, 0) is 10.0 Å². The molecule has 2 rings (SSSR count). The lowest BCUT2D eigenvalue weighted by atomic mass is 10.1. The molecule has 0 unspecified atom stereocenters. The van der Waals surface area contributed by atoms with Gasteiger partial charge in [-0.05, 0) is 32.8 Å². The Labute approximate surface area is 108 Å². The summed E-state index contributed by atoms with van der Waals surface area (Å²) in [6.07, 6.45) is 3.42. The van der Waals surface area contributed by atoms with Crippen LogP contribution in [0, 0.1) is 0 Å². The zero-order chi connectivity index (χ0) is 13.3. The average molecular weight is 272 g/mol. The minimum atomic E-state index is -3.12. The minimum Gasteiger partial charge on any atom is -0.382 e. The predicted molar refractivity (Wildman–Crippen MR) is 70.5 cm³/mol. The van der Waals surface area contributed by atoms with Crippen LogP contribution in [0.5, 0.6) is 0 Å². The Morgan fingerprint density at radius 1 is 1.39 bits per heavy atom. The van der Waals surface area contributed by atoms with Crippen molar-refractivity contribution in [3.63, 3.8) is 0 Å². The van der Waals surface area contributed by atoms with E-state index in [1.54, 1.807) is 24.2 Å². The minimum absolute atomic E-state index is 0.251. The van der Waals surface area contributed by atoms with Gasteiger partial charge in [-0.2, -0.15) is 5.10 Å². The molecule has 0 aromatic carbocycles. The average Bonchev–Trinajstić information content (AvgIpc) is 2.76. The number of hydrogen-bond acceptors (Lipinski definition) is 4. The summed E-state index contributed by atoms with van der Waals surface area (Å²) >= 11 is 0. The molecule has 1 fully saturated rings. The van der Waals surface area contributed by atoms with E-state index in [1.807, 2.05) is 10.9 Å². The molecule has 1 saturated heterocycles. The Bertz CT molecular complexity index is 501. The van der Waals surface area contributed by atoms with Gasteiger partial charge in [0.15, 0.2) is 0 Å². The smallest absolute Gasteiger partial charge is 0.216 e. The third-order valence-electron chi connectivity index (χ3n) is 3.38. The van der Waals surface area contributed by atoms with Crippen molar-refractivity contribution in [2.45, 2.75) is 38.0 Å². The van der Waals surface area contributed by atoms with E-state index in [2.05, 4.69) is 5.10 Å². The van der Waals surface area contributed by atoms with Crippen LogP contribution >= 0.6 is 0 Å². The van der Waals surface area contributed by atoms with Crippen LogP contribution in [0.3, 0.4) is 0 Å². The second-order valence-corrected chi connectivity index (χ2v) is 7.43. The van der Waals surface area contributed by atoms with E-state index in [1.165, 1.54) is 0 Å². The summed E-state index contributed by atoms with van der Waals surface area (Å²) in [5.41, 5.74) is 5.58. The number of rotatable bonds is 3. The van der Waals surface area contributed by atoms with E-state index < -0.39 is 10.0 Å². The molecule has 0 bridgehead atoms. The highest BCUT2D eigenvalue weighted by atomic mass is 32.2. The maximum Gasteiger partial charge on any atom is 0.216 e. The summed E-state index contributed by atoms with van der Waals surface area (Å²) in [6.45, 7) is 4.56. The summed E-state index contributed by atoms with van der Waals surface area (Å²) in [7, 11) is -3.12. The summed E-state index contributed by atoms with van der Waals surface area (Å²) in [5.74, 6) is 0.507. The maximum atomic E-state index is 12.0. The molecule has 1 aliphatic heterocycles. The molecule has 0 radical (unpaired) electrons. The number of nitrogens with two attached hydrogens (primary N) is 1. The molecule has 0 spiro atoms. The zero-order valence-corrected chi connectivity index (χ0v) is 11.6. The van der Waals surface area contributed by atoms with E-state index in [4.69, 9.17) is 5.73 Å². The van der Waals surface area contributed by atoms with Crippen LogP contribution in [-0.4, -0.2) is 40.8 Å². The fraction of sp³-hybridized carbons (Fsp3) is 0.727. The van der Waals surface area contributed by atoms with E-state index in [0.717, 1.165) is 12.8 Å². The summed E-state index contributed by atoms with van der Waals surface area (Å²) < 4.78 is 27.5. The topological polar surface area (TPSA) is 81.2 Å². The van der Waals surface area contributed by atoms with Gasteiger partial charge in [0.2, 0.25) is 10.0 Å². The maximum absolute atomic E-state index is 12.0. The first-order valence-electron chi connectivity index (χ1n) is 6.21. The first-order chi connectivity index (χ1) is 8.41. The summed E-state index contributed by atoms with van der Waals surface area (Å²) in [5, 5.41) is 3.83. The number of sulfonamides is 1. The molecule has 0 aliphatic carbocycles. The number of nitrogens with zero attached hydrogens (tertiary/aromatic N) is 3. The fourth-order valence-electron chi connectivity index (χ4n) is 2.22. The summed E-state index contributed by atoms with van der Waals surface area (Å²) in [4.78, 5) is 0. The first-order valence-corrected chi connectivity index (χ1v) is 7.71. The van der Waals surface area contributed by atoms with Gasteiger partial charge < -0.3 is 5.73 Å². The standard InChI is InChI=1S/C11H20N4O2S/c1-9(2)18(16,17)14-6-3-10(4-7-14)15-8-5-11(12)13-15/h5,8-10H,3-4,6-7H2,1-2H3,(H2,12,13). The second kappa shape index (κ2) is 4.89. The van der Waals surface area contributed by atoms with Crippen LogP contribution in [0.1, 0.15) is 32.7 Å². The van der Waals surface area contributed by atoms with E-state index in [9.17, 15) is 8.42 Å². The van der Waals surface area contributed by atoms with Gasteiger partial charge in [-0.3, -0.25) is 4.68 Å². The van der Waals surface area contributed by atoms with Crippen molar-refractivity contribution in [3.05, 3.63) is 12.3 Å². The number of nitrogen functional groups attached to an aromatic ring is 1. The van der Waals surface area contributed by atoms with Crippen molar-refractivity contribution in [2.75, 3.05) is 18.8 Å². The lowest BCUT2D eigenvalue weighted by Gasteiger charge is -2.32. The molecule has 0 amide bonds. The highest BCUT2D eigenvalue weighted by Crippen LogP contribution is 2.25. The quantitative estimate of drug-likeness (QED) is 0.884. The van der Waals surface area contributed by atoms with Crippen LogP contribution in [0.2, 0.25) is 0 Å². The second-order valence-electron chi connectivity index (χ2n) is 4.94. The molecular formula is C11H20N4O2S. The SMILES string of the molecule is CC(C)S(=O)(=O)N1CCC(n2ccc(N)n2)CC1. The molecule has 2 heterocycles. The van der Waals surface area contributed by atoms with Crippen molar-refractivity contribution in [3.8, 4) is 0 Å². The highest BCUT2D eigenvalue weighted by Gasteiger charge is 2.30. The molecule has 1 aromatic heterocycles. The molecule has 0 saturated carbocycles. The van der Waals surface area contributed by atoms with Gasteiger partial charge in [-0.15, -0.1) is 0 Å². The van der Waals surface area contributed by atoms with Gasteiger partial charge >= 0.3 is 0 Å². The molecule has 0 atom stereocenters. The van der Waals surface area contributed by atoms with E-state index in [0.29, 0.717) is 18.9 Å². The monoisotopic (exact) mass is 272 g/mol. The van der Waals surface area contributed by atoms with Crippen molar-refractivity contribution >= 4 is 15.8 Å². The Hall–Kier alpha value is -1.08. The van der Waals surface area contributed by atoms with Gasteiger partial charge in [0.25, 0.3) is 0 Å². The normalized spacial score (nSPS) is 19.5. The highest BCUT2D eigenvalue weighted by molar-refractivity contribution is 7.89. The third-order valence-corrected chi connectivity index (χ3v) is 5.66. The van der Waals surface area contributed by atoms with Crippen molar-refractivity contribution < 1.29 is 8.42 Å². The summed E-state index contributed by atoms with van der Waals surface area (Å²) in [6, 6.07) is 2.01. The Morgan fingerprint density at radius 3 is 2.44 bits per heavy atom. The number of piperidine rings is 1. The van der Waals surface area contributed by atoms with Gasteiger partial charge in [0.1, 0.15) is 5.82 Å². The first kappa shape index (κ1) is 13.4. The lowest BCUT2D eigenvalue weighted by Crippen LogP contribution is -2.42. The Kier molecular flexibility index (Phi) is 3.63. The van der Waals surface area contributed by atoms with Gasteiger partial charge in [0, 0.05) is 19.3 Å². The van der Waals surface area contributed by atoms with E-state index >= 15 is 0 Å². The Balaban J connectivity index is 2.01. The molecule has 7 heteroatoms. The van der Waals surface area contributed by atoms with Gasteiger partial charge in [-0.1, -0.05) is 0 Å². The molecular weight excluding hydrogens is 252 g/mol. The molecule has 6 nitrogen and oxygen atoms in total. The number of aromatic nitrogens is 2. The molecule has 1 aliphatic rings. The molecule has 102 valence electrons. The molecule has 1 aromatic rings. The van der Waals surface area contributed by atoms with Crippen molar-refractivity contribution in [1.82, 2.24) is 14.1 Å². The van der Waals surface area contributed by atoms with Crippen LogP contribution < -0.4 is 5.73 Å². The number of hydrogen-bond donors (Lipinski definition) is 1. The van der Waals surface area contributed by atoms with E-state index in [-0.39, 0.29) is 11.3 Å². The molecule has 2 N–H and O–H groups in total. The van der Waals surface area contributed by atoms with Gasteiger partial charge in [-0.25, -0.2) is 12.7 Å². The fourth-order valence-corrected chi connectivity index (χ4v) is 3.53. The van der Waals surface area contributed by atoms with Crippen LogP contribution in [0.4, 0.5) is 5.82 Å². The lowest BCUT2D eigenvalue weighted by molar-refractivity contribution is 0.260. The van der Waals surface area contributed by atoms with Gasteiger partial charge in [0.05, 0.1) is 11.3 Å².